The molecule has 0 atom stereocenters. The topological polar surface area (TPSA) is 80.4 Å². The number of phenolic OH excluding ortho intramolecular Hbond substituents is 1. The summed E-state index contributed by atoms with van der Waals surface area (Å²) >= 11 is 8.97. The van der Waals surface area contributed by atoms with Crippen molar-refractivity contribution in [1.82, 2.24) is 0 Å². The number of phenols is 1. The third-order valence-corrected chi connectivity index (χ3v) is 4.05. The van der Waals surface area contributed by atoms with Crippen LogP contribution < -0.4 is 5.73 Å². The van der Waals surface area contributed by atoms with Crippen molar-refractivity contribution in [2.75, 3.05) is 5.73 Å². The third-order valence-electron chi connectivity index (χ3n) is 3.21. The molecule has 3 N–H and O–H groups in total. The van der Waals surface area contributed by atoms with Gasteiger partial charge in [0.05, 0.1) is 15.6 Å². The third kappa shape index (κ3) is 1.67. The van der Waals surface area contributed by atoms with Crippen LogP contribution in [0.2, 0.25) is 5.02 Å². The van der Waals surface area contributed by atoms with Gasteiger partial charge in [-0.3, -0.25) is 9.59 Å². The molecule has 0 aromatic heterocycles. The molecule has 1 aliphatic rings. The molecule has 6 heteroatoms. The van der Waals surface area contributed by atoms with Gasteiger partial charge in [-0.15, -0.1) is 0 Å². The lowest BCUT2D eigenvalue weighted by Gasteiger charge is -2.20. The van der Waals surface area contributed by atoms with Crippen LogP contribution in [0.4, 0.5) is 5.69 Å². The van der Waals surface area contributed by atoms with Crippen molar-refractivity contribution in [2.24, 2.45) is 0 Å². The van der Waals surface area contributed by atoms with Crippen LogP contribution in [0.3, 0.4) is 0 Å². The Balaban J connectivity index is 2.41. The average molecular weight is 353 g/mol. The van der Waals surface area contributed by atoms with Gasteiger partial charge in [-0.05, 0) is 40.2 Å². The van der Waals surface area contributed by atoms with E-state index in [1.165, 1.54) is 24.3 Å². The predicted molar refractivity (Wildman–Crippen MR) is 78.5 cm³/mol. The van der Waals surface area contributed by atoms with Crippen LogP contribution in [0.25, 0.3) is 0 Å². The minimum absolute atomic E-state index is 0.0329. The molecule has 0 radical (unpaired) electrons. The minimum Gasteiger partial charge on any atom is -0.506 e. The molecule has 1 aliphatic carbocycles. The van der Waals surface area contributed by atoms with E-state index in [-0.39, 0.29) is 38.2 Å². The van der Waals surface area contributed by atoms with E-state index >= 15 is 0 Å². The summed E-state index contributed by atoms with van der Waals surface area (Å²) in [7, 11) is 0. The van der Waals surface area contributed by atoms with Crippen molar-refractivity contribution in [3.63, 3.8) is 0 Å². The van der Waals surface area contributed by atoms with Gasteiger partial charge in [0.2, 0.25) is 0 Å². The van der Waals surface area contributed by atoms with Crippen LogP contribution in [-0.2, 0) is 0 Å². The fraction of sp³-hybridized carbons (Fsp3) is 0. The first-order chi connectivity index (χ1) is 9.41. The van der Waals surface area contributed by atoms with Gasteiger partial charge >= 0.3 is 0 Å². The highest BCUT2D eigenvalue weighted by molar-refractivity contribution is 9.10. The quantitative estimate of drug-likeness (QED) is 0.481. The number of fused-ring (bicyclic) bond motifs is 2. The first kappa shape index (κ1) is 13.1. The maximum atomic E-state index is 12.5. The Morgan fingerprint density at radius 1 is 1.05 bits per heavy atom. The number of aromatic hydroxyl groups is 1. The summed E-state index contributed by atoms with van der Waals surface area (Å²) < 4.78 is 0.264. The second kappa shape index (κ2) is 4.33. The SMILES string of the molecule is Nc1cc(Br)c(O)c2c1C(=O)c1ccc(Cl)cc1C2=O. The van der Waals surface area contributed by atoms with Crippen LogP contribution in [-0.4, -0.2) is 16.7 Å². The van der Waals surface area contributed by atoms with E-state index in [2.05, 4.69) is 15.9 Å². The lowest BCUT2D eigenvalue weighted by Crippen LogP contribution is -2.22. The smallest absolute Gasteiger partial charge is 0.198 e. The maximum Gasteiger partial charge on any atom is 0.198 e. The van der Waals surface area contributed by atoms with Gasteiger partial charge in [-0.1, -0.05) is 11.6 Å². The number of rotatable bonds is 0. The molecular weight excluding hydrogens is 346 g/mol. The molecule has 100 valence electrons. The van der Waals surface area contributed by atoms with Gasteiger partial charge in [0.1, 0.15) is 5.75 Å². The van der Waals surface area contributed by atoms with Crippen molar-refractivity contribution in [3.8, 4) is 5.75 Å². The molecule has 0 saturated carbocycles. The van der Waals surface area contributed by atoms with Crippen LogP contribution in [0.1, 0.15) is 31.8 Å². The Kier molecular flexibility index (Phi) is 2.84. The highest BCUT2D eigenvalue weighted by Crippen LogP contribution is 2.40. The Hall–Kier alpha value is -1.85. The largest absolute Gasteiger partial charge is 0.506 e. The maximum absolute atomic E-state index is 12.5. The number of carbonyl (C=O) groups excluding carboxylic acids is 2. The Labute approximate surface area is 127 Å². The molecule has 0 fully saturated rings. The highest BCUT2D eigenvalue weighted by Gasteiger charge is 2.34. The Morgan fingerprint density at radius 2 is 1.70 bits per heavy atom. The zero-order valence-electron chi connectivity index (χ0n) is 9.91. The molecular formula is C14H7BrClNO3. The summed E-state index contributed by atoms with van der Waals surface area (Å²) in [6, 6.07) is 5.84. The van der Waals surface area contributed by atoms with Crippen LogP contribution in [0, 0.1) is 0 Å². The number of nitrogen functional groups attached to an aromatic ring is 1. The molecule has 0 spiro atoms. The van der Waals surface area contributed by atoms with E-state index < -0.39 is 11.6 Å². The van der Waals surface area contributed by atoms with Crippen molar-refractivity contribution in [3.05, 3.63) is 56.0 Å². The van der Waals surface area contributed by atoms with E-state index in [4.69, 9.17) is 17.3 Å². The number of nitrogens with two attached hydrogens (primary N) is 1. The summed E-state index contributed by atoms with van der Waals surface area (Å²) in [6.45, 7) is 0. The normalized spacial score (nSPS) is 13.1. The van der Waals surface area contributed by atoms with Crippen molar-refractivity contribution in [2.45, 2.75) is 0 Å². The number of carbonyl (C=O) groups is 2. The Bertz CT molecular complexity index is 801. The first-order valence-electron chi connectivity index (χ1n) is 5.61. The molecule has 0 heterocycles. The van der Waals surface area contributed by atoms with Gasteiger partial charge in [-0.2, -0.15) is 0 Å². The number of hydrogen-bond donors (Lipinski definition) is 2. The van der Waals surface area contributed by atoms with Gasteiger partial charge in [0.15, 0.2) is 11.6 Å². The predicted octanol–water partition coefficient (Wildman–Crippen LogP) is 3.17. The van der Waals surface area contributed by atoms with E-state index in [1.807, 2.05) is 0 Å². The molecule has 20 heavy (non-hydrogen) atoms. The zero-order valence-corrected chi connectivity index (χ0v) is 12.2. The summed E-state index contributed by atoms with van der Waals surface area (Å²) in [5.41, 5.74) is 6.30. The number of anilines is 1. The summed E-state index contributed by atoms with van der Waals surface area (Å²) in [6.07, 6.45) is 0. The highest BCUT2D eigenvalue weighted by atomic mass is 79.9. The van der Waals surface area contributed by atoms with Gasteiger partial charge < -0.3 is 10.8 Å². The number of halogens is 2. The van der Waals surface area contributed by atoms with E-state index in [1.54, 1.807) is 0 Å². The fourth-order valence-electron chi connectivity index (χ4n) is 2.30. The van der Waals surface area contributed by atoms with Gasteiger partial charge in [0.25, 0.3) is 0 Å². The van der Waals surface area contributed by atoms with Crippen molar-refractivity contribution in [1.29, 1.82) is 0 Å². The second-order valence-corrected chi connectivity index (χ2v) is 5.69. The Morgan fingerprint density at radius 3 is 2.40 bits per heavy atom. The molecule has 2 aromatic carbocycles. The molecule has 4 nitrogen and oxygen atoms in total. The lowest BCUT2D eigenvalue weighted by molar-refractivity contribution is 0.0977. The molecule has 0 aliphatic heterocycles. The van der Waals surface area contributed by atoms with E-state index in [9.17, 15) is 14.7 Å². The van der Waals surface area contributed by atoms with Crippen LogP contribution in [0.5, 0.6) is 5.75 Å². The first-order valence-corrected chi connectivity index (χ1v) is 6.78. The van der Waals surface area contributed by atoms with Crippen molar-refractivity contribution >= 4 is 44.8 Å². The lowest BCUT2D eigenvalue weighted by atomic mass is 9.83. The van der Waals surface area contributed by atoms with Crippen molar-refractivity contribution < 1.29 is 14.7 Å². The number of benzene rings is 2. The zero-order chi connectivity index (χ0) is 14.6. The molecule has 0 bridgehead atoms. The fourth-order valence-corrected chi connectivity index (χ4v) is 2.91. The van der Waals surface area contributed by atoms with E-state index in [0.29, 0.717) is 5.02 Å². The number of hydrogen-bond acceptors (Lipinski definition) is 4. The summed E-state index contributed by atoms with van der Waals surface area (Å²) in [4.78, 5) is 24.9. The van der Waals surface area contributed by atoms with E-state index in [0.717, 1.165) is 0 Å². The molecule has 0 unspecified atom stereocenters. The second-order valence-electron chi connectivity index (χ2n) is 4.39. The van der Waals surface area contributed by atoms with Crippen LogP contribution in [0.15, 0.2) is 28.7 Å². The molecule has 2 aromatic rings. The monoisotopic (exact) mass is 351 g/mol. The number of ketones is 2. The summed E-state index contributed by atoms with van der Waals surface area (Å²) in [5.74, 6) is -1.16. The standard InChI is InChI=1S/C14H7BrClNO3/c15-8-4-9(17)10-11(14(8)20)13(19)7-3-5(16)1-2-6(7)12(10)18/h1-4,20H,17H2. The van der Waals surface area contributed by atoms with Gasteiger partial charge in [-0.25, -0.2) is 0 Å². The molecule has 3 rings (SSSR count). The molecule has 0 amide bonds. The average Bonchev–Trinajstić information content (AvgIpc) is 2.40. The van der Waals surface area contributed by atoms with Gasteiger partial charge in [0, 0.05) is 21.8 Å². The minimum atomic E-state index is -0.470. The summed E-state index contributed by atoms with van der Waals surface area (Å²) in [5, 5.41) is 10.4. The molecule has 0 saturated heterocycles. The van der Waals surface area contributed by atoms with Crippen LogP contribution >= 0.6 is 27.5 Å².